The van der Waals surface area contributed by atoms with E-state index in [2.05, 4.69) is 30.7 Å². The van der Waals surface area contributed by atoms with Gasteiger partial charge in [-0.25, -0.2) is 8.42 Å². The van der Waals surface area contributed by atoms with E-state index < -0.39 is 10.0 Å². The van der Waals surface area contributed by atoms with Gasteiger partial charge in [-0.3, -0.25) is 4.98 Å². The summed E-state index contributed by atoms with van der Waals surface area (Å²) < 4.78 is 27.8. The van der Waals surface area contributed by atoms with Crippen molar-refractivity contribution >= 4 is 15.7 Å². The zero-order valence-electron chi connectivity index (χ0n) is 15.9. The molecule has 0 bridgehead atoms. The summed E-state index contributed by atoms with van der Waals surface area (Å²) in [7, 11) is -3.48. The van der Waals surface area contributed by atoms with Crippen LogP contribution in [0.3, 0.4) is 0 Å². The smallest absolute Gasteiger partial charge is 0.243 e. The van der Waals surface area contributed by atoms with E-state index in [4.69, 9.17) is 0 Å². The average molecular weight is 374 g/mol. The third kappa shape index (κ3) is 3.76. The molecule has 3 rings (SSSR count). The van der Waals surface area contributed by atoms with Crippen molar-refractivity contribution in [3.05, 3.63) is 54.4 Å². The largest absolute Gasteiger partial charge is 0.369 e. The first-order valence-corrected chi connectivity index (χ1v) is 10.4. The molecule has 6 heteroatoms. The monoisotopic (exact) mass is 373 g/mol. The lowest BCUT2D eigenvalue weighted by atomic mass is 9.87. The highest BCUT2D eigenvalue weighted by Crippen LogP contribution is 2.27. The predicted octanol–water partition coefficient (Wildman–Crippen LogP) is 3.28. The molecule has 1 unspecified atom stereocenters. The SMILES string of the molecule is CC1CN(c2ccncc2)CCN1S(=O)(=O)c1ccc(C(C)(C)C)cc1. The Bertz CT molecular complexity index is 843. The second kappa shape index (κ2) is 7.00. The molecule has 1 aromatic carbocycles. The number of piperazine rings is 1. The van der Waals surface area contributed by atoms with Crippen LogP contribution >= 0.6 is 0 Å². The predicted molar refractivity (Wildman–Crippen MR) is 105 cm³/mol. The molecule has 140 valence electrons. The summed E-state index contributed by atoms with van der Waals surface area (Å²) in [6.45, 7) is 10.2. The van der Waals surface area contributed by atoms with E-state index in [9.17, 15) is 8.42 Å². The van der Waals surface area contributed by atoms with Crippen LogP contribution in [0.5, 0.6) is 0 Å². The van der Waals surface area contributed by atoms with Gasteiger partial charge in [-0.05, 0) is 42.2 Å². The van der Waals surface area contributed by atoms with Gasteiger partial charge in [0.25, 0.3) is 0 Å². The number of hydrogen-bond donors (Lipinski definition) is 0. The van der Waals surface area contributed by atoms with Crippen LogP contribution in [0.1, 0.15) is 33.3 Å². The molecule has 0 radical (unpaired) electrons. The Hall–Kier alpha value is -1.92. The summed E-state index contributed by atoms with van der Waals surface area (Å²) in [6.07, 6.45) is 3.53. The zero-order valence-corrected chi connectivity index (χ0v) is 16.7. The van der Waals surface area contributed by atoms with Gasteiger partial charge in [-0.15, -0.1) is 0 Å². The molecule has 0 aliphatic carbocycles. The van der Waals surface area contributed by atoms with Crippen LogP contribution in [0, 0.1) is 0 Å². The van der Waals surface area contributed by atoms with Gasteiger partial charge in [-0.2, -0.15) is 4.31 Å². The van der Waals surface area contributed by atoms with Gasteiger partial charge < -0.3 is 4.90 Å². The highest BCUT2D eigenvalue weighted by atomic mass is 32.2. The van der Waals surface area contributed by atoms with Gasteiger partial charge >= 0.3 is 0 Å². The fraction of sp³-hybridized carbons (Fsp3) is 0.450. The van der Waals surface area contributed by atoms with Crippen molar-refractivity contribution in [3.8, 4) is 0 Å². The number of pyridine rings is 1. The number of sulfonamides is 1. The Morgan fingerprint density at radius 3 is 2.15 bits per heavy atom. The maximum absolute atomic E-state index is 13.1. The molecular weight excluding hydrogens is 346 g/mol. The van der Waals surface area contributed by atoms with Crippen LogP contribution in [-0.2, 0) is 15.4 Å². The summed E-state index contributed by atoms with van der Waals surface area (Å²) in [6, 6.07) is 11.1. The lowest BCUT2D eigenvalue weighted by Crippen LogP contribution is -2.54. The molecule has 0 spiro atoms. The number of aromatic nitrogens is 1. The summed E-state index contributed by atoms with van der Waals surface area (Å²) in [5.41, 5.74) is 2.22. The standard InChI is InChI=1S/C20H27N3O2S/c1-16-15-22(18-9-11-21-12-10-18)13-14-23(16)26(24,25)19-7-5-17(6-8-19)20(2,3)4/h5-12,16H,13-15H2,1-4H3. The normalized spacial score (nSPS) is 19.5. The van der Waals surface area contributed by atoms with Gasteiger partial charge in [0, 0.05) is 43.8 Å². The second-order valence-corrected chi connectivity index (χ2v) is 9.78. The van der Waals surface area contributed by atoms with E-state index in [1.807, 2.05) is 31.2 Å². The lowest BCUT2D eigenvalue weighted by molar-refractivity contribution is 0.306. The number of benzene rings is 1. The van der Waals surface area contributed by atoms with Gasteiger partial charge in [0.1, 0.15) is 0 Å². The molecule has 0 saturated carbocycles. The molecule has 2 aromatic rings. The third-order valence-corrected chi connectivity index (χ3v) is 6.95. The molecule has 2 heterocycles. The highest BCUT2D eigenvalue weighted by molar-refractivity contribution is 7.89. The minimum Gasteiger partial charge on any atom is -0.369 e. The van der Waals surface area contributed by atoms with Crippen molar-refractivity contribution in [2.45, 2.75) is 44.0 Å². The first-order valence-electron chi connectivity index (χ1n) is 8.97. The number of nitrogens with zero attached hydrogens (tertiary/aromatic N) is 3. The molecule has 1 saturated heterocycles. The molecule has 1 aromatic heterocycles. The van der Waals surface area contributed by atoms with Gasteiger partial charge in [0.15, 0.2) is 0 Å². The number of rotatable bonds is 3. The van der Waals surface area contributed by atoms with Gasteiger partial charge in [0.05, 0.1) is 4.90 Å². The topological polar surface area (TPSA) is 53.5 Å². The van der Waals surface area contributed by atoms with E-state index in [0.717, 1.165) is 11.3 Å². The van der Waals surface area contributed by atoms with Gasteiger partial charge in [-0.1, -0.05) is 32.9 Å². The van der Waals surface area contributed by atoms with Crippen molar-refractivity contribution in [2.75, 3.05) is 24.5 Å². The van der Waals surface area contributed by atoms with Crippen molar-refractivity contribution in [1.29, 1.82) is 0 Å². The van der Waals surface area contributed by atoms with Crippen LogP contribution < -0.4 is 4.90 Å². The maximum atomic E-state index is 13.1. The van der Waals surface area contributed by atoms with E-state index in [-0.39, 0.29) is 11.5 Å². The lowest BCUT2D eigenvalue weighted by Gasteiger charge is -2.40. The van der Waals surface area contributed by atoms with Crippen LogP contribution in [0.2, 0.25) is 0 Å². The first kappa shape index (κ1) is 18.9. The quantitative estimate of drug-likeness (QED) is 0.828. The Morgan fingerprint density at radius 1 is 1.00 bits per heavy atom. The average Bonchev–Trinajstić information content (AvgIpc) is 2.61. The molecule has 26 heavy (non-hydrogen) atoms. The zero-order chi connectivity index (χ0) is 18.9. The molecule has 0 amide bonds. The fourth-order valence-corrected chi connectivity index (χ4v) is 4.96. The minimum absolute atomic E-state index is 0.00570. The van der Waals surface area contributed by atoms with Crippen molar-refractivity contribution in [1.82, 2.24) is 9.29 Å². The summed E-state index contributed by atoms with van der Waals surface area (Å²) >= 11 is 0. The van der Waals surface area contributed by atoms with Crippen LogP contribution in [0.4, 0.5) is 5.69 Å². The van der Waals surface area contributed by atoms with E-state index in [1.165, 1.54) is 0 Å². The Balaban J connectivity index is 1.78. The Labute approximate surface area is 156 Å². The van der Waals surface area contributed by atoms with E-state index in [0.29, 0.717) is 24.5 Å². The summed E-state index contributed by atoms with van der Waals surface area (Å²) in [5.74, 6) is 0. The summed E-state index contributed by atoms with van der Waals surface area (Å²) in [5, 5.41) is 0. The van der Waals surface area contributed by atoms with Crippen LogP contribution in [0.25, 0.3) is 0 Å². The molecule has 5 nitrogen and oxygen atoms in total. The minimum atomic E-state index is -3.48. The first-order chi connectivity index (χ1) is 12.2. The Morgan fingerprint density at radius 2 is 1.62 bits per heavy atom. The number of anilines is 1. The molecule has 1 aliphatic rings. The van der Waals surface area contributed by atoms with Crippen molar-refractivity contribution in [3.63, 3.8) is 0 Å². The van der Waals surface area contributed by atoms with Crippen LogP contribution in [0.15, 0.2) is 53.7 Å². The number of hydrogen-bond acceptors (Lipinski definition) is 4. The second-order valence-electron chi connectivity index (χ2n) is 7.89. The molecule has 1 fully saturated rings. The Kier molecular flexibility index (Phi) is 5.08. The van der Waals surface area contributed by atoms with Crippen LogP contribution in [-0.4, -0.2) is 43.4 Å². The molecule has 1 aliphatic heterocycles. The van der Waals surface area contributed by atoms with E-state index >= 15 is 0 Å². The third-order valence-electron chi connectivity index (χ3n) is 4.92. The fourth-order valence-electron chi connectivity index (χ4n) is 3.35. The molecular formula is C20H27N3O2S. The molecule has 0 N–H and O–H groups in total. The van der Waals surface area contributed by atoms with Gasteiger partial charge in [0.2, 0.25) is 10.0 Å². The van der Waals surface area contributed by atoms with Crippen molar-refractivity contribution in [2.24, 2.45) is 0 Å². The highest BCUT2D eigenvalue weighted by Gasteiger charge is 2.33. The molecule has 1 atom stereocenters. The maximum Gasteiger partial charge on any atom is 0.243 e. The summed E-state index contributed by atoms with van der Waals surface area (Å²) in [4.78, 5) is 6.62. The van der Waals surface area contributed by atoms with Crippen molar-refractivity contribution < 1.29 is 8.42 Å². The van der Waals surface area contributed by atoms with E-state index in [1.54, 1.807) is 28.8 Å².